The monoisotopic (exact) mass is 790 g/mol. The molecule has 1 aliphatic carbocycles. The highest BCUT2D eigenvalue weighted by Gasteiger charge is 2.45. The van der Waals surface area contributed by atoms with Crippen molar-refractivity contribution in [1.82, 2.24) is 24.1 Å². The summed E-state index contributed by atoms with van der Waals surface area (Å²) >= 11 is 1.31. The highest BCUT2D eigenvalue weighted by atomic mass is 32.2. The number of amides is 1. The Hall–Kier alpha value is -5.24. The predicted octanol–water partition coefficient (Wildman–Crippen LogP) is 8.12. The van der Waals surface area contributed by atoms with Gasteiger partial charge in [0.15, 0.2) is 11.0 Å². The molecule has 11 nitrogen and oxygen atoms in total. The minimum absolute atomic E-state index is 0.0124. The van der Waals surface area contributed by atoms with Crippen LogP contribution < -0.4 is 9.47 Å². The van der Waals surface area contributed by atoms with E-state index >= 15 is 0 Å². The molecule has 290 valence electrons. The molecule has 2 heterocycles. The van der Waals surface area contributed by atoms with Crippen LogP contribution in [-0.2, 0) is 14.8 Å². The summed E-state index contributed by atoms with van der Waals surface area (Å²) in [7, 11) is 2.60. The van der Waals surface area contributed by atoms with Crippen molar-refractivity contribution < 1.29 is 22.7 Å². The molecule has 4 aromatic carbocycles. The molecule has 0 N–H and O–H groups in total. The number of methoxy groups -OCH3 is 2. The average molecular weight is 791 g/mol. The maximum Gasteiger partial charge on any atom is 0.256 e. The standard InChI is InChI=1S/C43H46N6O5S2/c1-27-11-8-12-28(2)39(27)48-41(33-14-9-15-36(26-33)56(51,52)47(4)5)44-45-43(48)55-29(3)42(50)49-40(31-19-23-35(54-7)24-20-31)37-16-10-13-32(38(37)46-49)25-30-17-21-34(53-6)22-18-30/h8-9,11-12,14-15,17-26,29,37,40H,10,13,16H2,1-7H3/b32-25+. The fraction of sp³-hybridized carbons (Fsp3) is 0.302. The molecular weight excluding hydrogens is 745 g/mol. The van der Waals surface area contributed by atoms with Crippen LogP contribution in [0.3, 0.4) is 0 Å². The lowest BCUT2D eigenvalue weighted by Gasteiger charge is -2.30. The van der Waals surface area contributed by atoms with Crippen LogP contribution in [-0.4, -0.2) is 77.7 Å². The Morgan fingerprint density at radius 1 is 0.911 bits per heavy atom. The van der Waals surface area contributed by atoms with E-state index in [1.165, 1.54) is 30.2 Å². The van der Waals surface area contributed by atoms with Crippen LogP contribution in [0.1, 0.15) is 54.5 Å². The Bertz CT molecular complexity index is 2400. The summed E-state index contributed by atoms with van der Waals surface area (Å²) in [4.78, 5) is 15.0. The molecule has 3 unspecified atom stereocenters. The van der Waals surface area contributed by atoms with Gasteiger partial charge in [0.2, 0.25) is 10.0 Å². The molecule has 3 atom stereocenters. The minimum Gasteiger partial charge on any atom is -0.497 e. The SMILES string of the molecule is COc1ccc(/C=C2\CCCC3C2=NN(C(=O)C(C)Sc2nnc(-c4cccc(S(=O)(=O)N(C)C)c4)n2-c2c(C)cccc2C)C3c2ccc(OC)cc2)cc1. The second-order valence-electron chi connectivity index (χ2n) is 14.3. The maximum absolute atomic E-state index is 14.8. The van der Waals surface area contributed by atoms with Crippen molar-refractivity contribution in [3.63, 3.8) is 0 Å². The quantitative estimate of drug-likeness (QED) is 0.123. The number of ether oxygens (including phenoxy) is 2. The van der Waals surface area contributed by atoms with Crippen LogP contribution >= 0.6 is 11.8 Å². The predicted molar refractivity (Wildman–Crippen MR) is 221 cm³/mol. The number of fused-ring (bicyclic) bond motifs is 1. The average Bonchev–Trinajstić information content (AvgIpc) is 3.80. The number of hydrazone groups is 1. The number of rotatable bonds is 11. The van der Waals surface area contributed by atoms with Gasteiger partial charge in [-0.1, -0.05) is 66.4 Å². The molecule has 0 saturated heterocycles. The van der Waals surface area contributed by atoms with Crippen LogP contribution in [0.15, 0.2) is 112 Å². The number of nitrogens with zero attached hydrogens (tertiary/aromatic N) is 6. The second kappa shape index (κ2) is 16.1. The molecule has 1 aliphatic heterocycles. The summed E-state index contributed by atoms with van der Waals surface area (Å²) in [6, 6.07) is 28.3. The Labute approximate surface area is 333 Å². The number of sulfonamides is 1. The summed E-state index contributed by atoms with van der Waals surface area (Å²) < 4.78 is 40.2. The van der Waals surface area contributed by atoms with Gasteiger partial charge in [-0.15, -0.1) is 10.2 Å². The van der Waals surface area contributed by atoms with Crippen molar-refractivity contribution in [3.8, 4) is 28.6 Å². The van der Waals surface area contributed by atoms with Crippen LogP contribution in [0.2, 0.25) is 0 Å². The summed E-state index contributed by atoms with van der Waals surface area (Å²) in [6.07, 6.45) is 4.91. The number of thioether (sulfide) groups is 1. The topological polar surface area (TPSA) is 119 Å². The van der Waals surface area contributed by atoms with Gasteiger partial charge in [0.25, 0.3) is 5.91 Å². The first-order chi connectivity index (χ1) is 26.9. The Kier molecular flexibility index (Phi) is 11.2. The maximum atomic E-state index is 14.8. The molecule has 0 radical (unpaired) electrons. The number of benzene rings is 4. The Morgan fingerprint density at radius 2 is 1.55 bits per heavy atom. The summed E-state index contributed by atoms with van der Waals surface area (Å²) in [6.45, 7) is 5.91. The van der Waals surface area contributed by atoms with E-state index in [2.05, 4.69) is 16.3 Å². The minimum atomic E-state index is -3.71. The first-order valence-electron chi connectivity index (χ1n) is 18.5. The van der Waals surface area contributed by atoms with Gasteiger partial charge >= 0.3 is 0 Å². The van der Waals surface area contributed by atoms with Gasteiger partial charge in [-0.3, -0.25) is 9.36 Å². The third kappa shape index (κ3) is 7.50. The lowest BCUT2D eigenvalue weighted by Crippen LogP contribution is -2.36. The number of para-hydroxylation sites is 1. The molecule has 0 spiro atoms. The van der Waals surface area contributed by atoms with Crippen molar-refractivity contribution >= 4 is 39.5 Å². The van der Waals surface area contributed by atoms with Gasteiger partial charge < -0.3 is 9.47 Å². The molecule has 1 fully saturated rings. The smallest absolute Gasteiger partial charge is 0.256 e. The van der Waals surface area contributed by atoms with Gasteiger partial charge in [0.1, 0.15) is 11.5 Å². The number of aryl methyl sites for hydroxylation is 2. The number of hydrogen-bond donors (Lipinski definition) is 0. The first-order valence-corrected chi connectivity index (χ1v) is 20.9. The molecule has 1 saturated carbocycles. The summed E-state index contributed by atoms with van der Waals surface area (Å²) in [5, 5.41) is 16.0. The zero-order valence-corrected chi connectivity index (χ0v) is 34.3. The zero-order valence-electron chi connectivity index (χ0n) is 32.6. The van der Waals surface area contributed by atoms with Crippen molar-refractivity contribution in [3.05, 3.63) is 119 Å². The normalized spacial score (nSPS) is 18.2. The summed E-state index contributed by atoms with van der Waals surface area (Å²) in [5.41, 5.74) is 7.51. The van der Waals surface area contributed by atoms with Crippen molar-refractivity contribution in [2.75, 3.05) is 28.3 Å². The van der Waals surface area contributed by atoms with Gasteiger partial charge in [-0.2, -0.15) is 5.10 Å². The third-order valence-electron chi connectivity index (χ3n) is 10.4. The number of aromatic nitrogens is 3. The van der Waals surface area contributed by atoms with Crippen LogP contribution in [0, 0.1) is 19.8 Å². The largest absolute Gasteiger partial charge is 0.497 e. The van der Waals surface area contributed by atoms with Crippen molar-refractivity contribution in [2.45, 2.75) is 61.4 Å². The zero-order chi connectivity index (χ0) is 39.7. The highest BCUT2D eigenvalue weighted by molar-refractivity contribution is 8.00. The van der Waals surface area contributed by atoms with Crippen LogP contribution in [0.25, 0.3) is 23.2 Å². The van der Waals surface area contributed by atoms with E-state index in [9.17, 15) is 13.2 Å². The molecule has 2 aliphatic rings. The number of carbonyl (C=O) groups is 1. The molecule has 5 aromatic rings. The van der Waals surface area contributed by atoms with Gasteiger partial charge in [-0.25, -0.2) is 17.7 Å². The molecule has 56 heavy (non-hydrogen) atoms. The fourth-order valence-corrected chi connectivity index (χ4v) is 9.36. The van der Waals surface area contributed by atoms with E-state index in [0.717, 1.165) is 70.0 Å². The molecule has 0 bridgehead atoms. The number of allylic oxidation sites excluding steroid dienone is 1. The van der Waals surface area contributed by atoms with Crippen molar-refractivity contribution in [2.24, 2.45) is 11.0 Å². The molecular formula is C43H46N6O5S2. The van der Waals surface area contributed by atoms with Crippen molar-refractivity contribution in [1.29, 1.82) is 0 Å². The third-order valence-corrected chi connectivity index (χ3v) is 13.3. The highest BCUT2D eigenvalue weighted by Crippen LogP contribution is 2.46. The van der Waals surface area contributed by atoms with Crippen LogP contribution in [0.4, 0.5) is 0 Å². The van der Waals surface area contributed by atoms with E-state index in [1.54, 1.807) is 37.4 Å². The van der Waals surface area contributed by atoms with E-state index in [1.807, 2.05) is 98.1 Å². The number of hydrogen-bond acceptors (Lipinski definition) is 9. The van der Waals surface area contributed by atoms with E-state index in [-0.39, 0.29) is 22.8 Å². The fourth-order valence-electron chi connectivity index (χ4n) is 7.51. The Morgan fingerprint density at radius 3 is 2.20 bits per heavy atom. The second-order valence-corrected chi connectivity index (χ2v) is 17.7. The molecule has 1 aromatic heterocycles. The first kappa shape index (κ1) is 39.0. The molecule has 7 rings (SSSR count). The number of carbonyl (C=O) groups excluding carboxylic acids is 1. The van der Waals surface area contributed by atoms with Gasteiger partial charge in [0, 0.05) is 25.6 Å². The lowest BCUT2D eigenvalue weighted by atomic mass is 9.77. The van der Waals surface area contributed by atoms with Crippen LogP contribution in [0.5, 0.6) is 11.5 Å². The molecule has 1 amide bonds. The lowest BCUT2D eigenvalue weighted by molar-refractivity contribution is -0.132. The van der Waals surface area contributed by atoms with E-state index in [0.29, 0.717) is 16.5 Å². The van der Waals surface area contributed by atoms with E-state index < -0.39 is 15.3 Å². The Balaban J connectivity index is 1.28. The molecule has 13 heteroatoms. The van der Waals surface area contributed by atoms with E-state index in [4.69, 9.17) is 14.6 Å². The van der Waals surface area contributed by atoms with Gasteiger partial charge in [0.05, 0.1) is 41.8 Å². The van der Waals surface area contributed by atoms with Gasteiger partial charge in [-0.05, 0) is 110 Å². The summed E-state index contributed by atoms with van der Waals surface area (Å²) in [5.74, 6) is 1.86.